The number of halogens is 1. The van der Waals surface area contributed by atoms with Crippen molar-refractivity contribution in [1.29, 1.82) is 0 Å². The maximum absolute atomic E-state index is 3.58. The lowest BCUT2D eigenvalue weighted by Crippen LogP contribution is -2.18. The van der Waals surface area contributed by atoms with Gasteiger partial charge >= 0.3 is 0 Å². The summed E-state index contributed by atoms with van der Waals surface area (Å²) >= 11 is 4.42. The molecule has 3 heteroatoms. The molecule has 2 rings (SSSR count). The van der Waals surface area contributed by atoms with Gasteiger partial charge < -0.3 is 5.32 Å². The Morgan fingerprint density at radius 3 is 2.92 bits per heavy atom. The molecule has 1 aliphatic rings. The average molecular weight is 305 g/mol. The monoisotopic (exact) mass is 305 g/mol. The van der Waals surface area contributed by atoms with E-state index in [4.69, 9.17) is 0 Å². The Bertz CT molecular complexity index is 284. The third-order valence-electron chi connectivity index (χ3n) is 2.16. The summed E-state index contributed by atoms with van der Waals surface area (Å²) in [4.78, 5) is 0. The van der Waals surface area contributed by atoms with Crippen molar-refractivity contribution in [3.05, 3.63) is 27.8 Å². The Morgan fingerprint density at radius 1 is 1.38 bits per heavy atom. The SMILES string of the molecule is Ic1ccccc1NC1CCSC1. The summed E-state index contributed by atoms with van der Waals surface area (Å²) in [6.07, 6.45) is 1.30. The van der Waals surface area contributed by atoms with E-state index in [0.717, 1.165) is 0 Å². The molecular formula is C10H12INS. The highest BCUT2D eigenvalue weighted by molar-refractivity contribution is 14.1. The van der Waals surface area contributed by atoms with E-state index in [9.17, 15) is 0 Å². The summed E-state index contributed by atoms with van der Waals surface area (Å²) < 4.78 is 1.32. The van der Waals surface area contributed by atoms with E-state index in [1.807, 2.05) is 11.8 Å². The van der Waals surface area contributed by atoms with Crippen LogP contribution in [0, 0.1) is 3.57 Å². The average Bonchev–Trinajstić information content (AvgIpc) is 2.61. The van der Waals surface area contributed by atoms with Crippen molar-refractivity contribution in [2.24, 2.45) is 0 Å². The van der Waals surface area contributed by atoms with Gasteiger partial charge in [-0.25, -0.2) is 0 Å². The van der Waals surface area contributed by atoms with Crippen LogP contribution in [0.2, 0.25) is 0 Å². The molecule has 1 atom stereocenters. The second-order valence-corrected chi connectivity index (χ2v) is 5.50. The van der Waals surface area contributed by atoms with Crippen molar-refractivity contribution >= 4 is 40.0 Å². The van der Waals surface area contributed by atoms with Crippen LogP contribution >= 0.6 is 34.4 Å². The molecule has 13 heavy (non-hydrogen) atoms. The maximum Gasteiger partial charge on any atom is 0.0478 e. The third-order valence-corrected chi connectivity index (χ3v) is 4.27. The first-order chi connectivity index (χ1) is 6.36. The molecule has 1 N–H and O–H groups in total. The van der Waals surface area contributed by atoms with Crippen LogP contribution in [0.4, 0.5) is 5.69 Å². The van der Waals surface area contributed by atoms with Crippen LogP contribution in [0.3, 0.4) is 0 Å². The minimum Gasteiger partial charge on any atom is -0.381 e. The number of hydrogen-bond donors (Lipinski definition) is 1. The van der Waals surface area contributed by atoms with Gasteiger partial charge in [0.2, 0.25) is 0 Å². The van der Waals surface area contributed by atoms with E-state index in [1.165, 1.54) is 27.2 Å². The van der Waals surface area contributed by atoms with E-state index in [0.29, 0.717) is 6.04 Å². The summed E-state index contributed by atoms with van der Waals surface area (Å²) in [5.74, 6) is 2.56. The van der Waals surface area contributed by atoms with Crippen molar-refractivity contribution in [3.8, 4) is 0 Å². The number of benzene rings is 1. The Balaban J connectivity index is 2.04. The van der Waals surface area contributed by atoms with Crippen LogP contribution in [0.1, 0.15) is 6.42 Å². The van der Waals surface area contributed by atoms with Gasteiger partial charge in [0.1, 0.15) is 0 Å². The molecule has 0 aromatic heterocycles. The van der Waals surface area contributed by atoms with Crippen molar-refractivity contribution in [3.63, 3.8) is 0 Å². The predicted molar refractivity (Wildman–Crippen MR) is 68.5 cm³/mol. The zero-order chi connectivity index (χ0) is 9.10. The van der Waals surface area contributed by atoms with Gasteiger partial charge in [0.05, 0.1) is 0 Å². The van der Waals surface area contributed by atoms with Crippen LogP contribution in [0.15, 0.2) is 24.3 Å². The molecular weight excluding hydrogens is 293 g/mol. The number of rotatable bonds is 2. The highest BCUT2D eigenvalue weighted by atomic mass is 127. The van der Waals surface area contributed by atoms with Gasteiger partial charge in [0, 0.05) is 21.1 Å². The van der Waals surface area contributed by atoms with Gasteiger partial charge in [-0.15, -0.1) is 0 Å². The van der Waals surface area contributed by atoms with Crippen LogP contribution in [0.25, 0.3) is 0 Å². The first-order valence-electron chi connectivity index (χ1n) is 4.45. The zero-order valence-electron chi connectivity index (χ0n) is 7.29. The third kappa shape index (κ3) is 2.53. The first-order valence-corrected chi connectivity index (χ1v) is 6.68. The Morgan fingerprint density at radius 2 is 2.23 bits per heavy atom. The minimum atomic E-state index is 0.681. The van der Waals surface area contributed by atoms with E-state index in [2.05, 4.69) is 52.2 Å². The second kappa shape index (κ2) is 4.55. The molecule has 1 saturated heterocycles. The van der Waals surface area contributed by atoms with Gasteiger partial charge in [0.15, 0.2) is 0 Å². The molecule has 1 fully saturated rings. The van der Waals surface area contributed by atoms with E-state index < -0.39 is 0 Å². The standard InChI is InChI=1S/C10H12INS/c11-9-3-1-2-4-10(9)12-8-5-6-13-7-8/h1-4,8,12H,5-7H2. The van der Waals surface area contributed by atoms with Gasteiger partial charge in [0.25, 0.3) is 0 Å². The lowest BCUT2D eigenvalue weighted by molar-refractivity contribution is 0.812. The van der Waals surface area contributed by atoms with E-state index in [-0.39, 0.29) is 0 Å². The Kier molecular flexibility index (Phi) is 3.38. The normalized spacial score (nSPS) is 21.8. The van der Waals surface area contributed by atoms with Gasteiger partial charge in [-0.2, -0.15) is 11.8 Å². The molecule has 1 heterocycles. The van der Waals surface area contributed by atoms with E-state index in [1.54, 1.807) is 0 Å². The molecule has 1 aromatic carbocycles. The van der Waals surface area contributed by atoms with E-state index >= 15 is 0 Å². The molecule has 1 unspecified atom stereocenters. The smallest absolute Gasteiger partial charge is 0.0478 e. The lowest BCUT2D eigenvalue weighted by Gasteiger charge is -2.13. The summed E-state index contributed by atoms with van der Waals surface area (Å²) in [5, 5.41) is 3.58. The second-order valence-electron chi connectivity index (χ2n) is 3.18. The fraction of sp³-hybridized carbons (Fsp3) is 0.400. The zero-order valence-corrected chi connectivity index (χ0v) is 10.3. The molecule has 1 aromatic rings. The van der Waals surface area contributed by atoms with Crippen LogP contribution in [-0.2, 0) is 0 Å². The molecule has 0 radical (unpaired) electrons. The van der Waals surface area contributed by atoms with Gasteiger partial charge in [-0.1, -0.05) is 12.1 Å². The highest BCUT2D eigenvalue weighted by Gasteiger charge is 2.15. The fourth-order valence-corrected chi connectivity index (χ4v) is 3.14. The molecule has 0 bridgehead atoms. The Hall–Kier alpha value is 0.1000. The largest absolute Gasteiger partial charge is 0.381 e. The predicted octanol–water partition coefficient (Wildman–Crippen LogP) is 3.21. The molecule has 0 amide bonds. The highest BCUT2D eigenvalue weighted by Crippen LogP contribution is 2.24. The lowest BCUT2D eigenvalue weighted by atomic mass is 10.2. The minimum absolute atomic E-state index is 0.681. The van der Waals surface area contributed by atoms with Crippen LogP contribution < -0.4 is 5.32 Å². The first kappa shape index (κ1) is 9.65. The molecule has 1 nitrogen and oxygen atoms in total. The number of hydrogen-bond acceptors (Lipinski definition) is 2. The number of anilines is 1. The molecule has 0 aliphatic carbocycles. The maximum atomic E-state index is 3.58. The number of nitrogens with one attached hydrogen (secondary N) is 1. The van der Waals surface area contributed by atoms with Gasteiger partial charge in [-0.05, 0) is 46.9 Å². The van der Waals surface area contributed by atoms with Crippen molar-refractivity contribution in [2.45, 2.75) is 12.5 Å². The van der Waals surface area contributed by atoms with Crippen molar-refractivity contribution < 1.29 is 0 Å². The number of para-hydroxylation sites is 1. The Labute approximate surface area is 96.8 Å². The summed E-state index contributed by atoms with van der Waals surface area (Å²) in [5.41, 5.74) is 1.29. The van der Waals surface area contributed by atoms with Crippen LogP contribution in [0.5, 0.6) is 0 Å². The number of thioether (sulfide) groups is 1. The topological polar surface area (TPSA) is 12.0 Å². The fourth-order valence-electron chi connectivity index (χ4n) is 1.45. The summed E-state index contributed by atoms with van der Waals surface area (Å²) in [6, 6.07) is 9.15. The quantitative estimate of drug-likeness (QED) is 0.842. The molecule has 70 valence electrons. The summed E-state index contributed by atoms with van der Waals surface area (Å²) in [6.45, 7) is 0. The van der Waals surface area contributed by atoms with Crippen LogP contribution in [-0.4, -0.2) is 17.5 Å². The van der Waals surface area contributed by atoms with Crippen molar-refractivity contribution in [2.75, 3.05) is 16.8 Å². The van der Waals surface area contributed by atoms with Crippen molar-refractivity contribution in [1.82, 2.24) is 0 Å². The summed E-state index contributed by atoms with van der Waals surface area (Å²) in [7, 11) is 0. The van der Waals surface area contributed by atoms with Gasteiger partial charge in [-0.3, -0.25) is 0 Å². The molecule has 0 saturated carbocycles. The molecule has 1 aliphatic heterocycles. The molecule has 0 spiro atoms.